The number of rotatable bonds is 2. The van der Waals surface area contributed by atoms with Crippen LogP contribution in [0.25, 0.3) is 0 Å². The average molecular weight is 206 g/mol. The highest BCUT2D eigenvalue weighted by Gasteiger charge is 2.26. The second-order valence-corrected chi connectivity index (χ2v) is 3.77. The Labute approximate surface area is 88.7 Å². The van der Waals surface area contributed by atoms with Crippen molar-refractivity contribution >= 4 is 5.78 Å². The van der Waals surface area contributed by atoms with Gasteiger partial charge in [-0.05, 0) is 24.1 Å². The number of hydrogen-bond donors (Lipinski definition) is 1. The molecule has 15 heavy (non-hydrogen) atoms. The molecule has 1 N–H and O–H groups in total. The van der Waals surface area contributed by atoms with E-state index in [1.54, 1.807) is 0 Å². The van der Waals surface area contributed by atoms with E-state index < -0.39 is 6.10 Å². The van der Waals surface area contributed by atoms with E-state index in [4.69, 9.17) is 4.74 Å². The molecular weight excluding hydrogens is 192 g/mol. The van der Waals surface area contributed by atoms with Gasteiger partial charge < -0.3 is 9.84 Å². The number of ketones is 1. The number of hydrogen-bond acceptors (Lipinski definition) is 3. The summed E-state index contributed by atoms with van der Waals surface area (Å²) in [6.07, 6.45) is 0.974. The number of aliphatic hydroxyl groups excluding tert-OH is 1. The molecule has 1 aromatic rings. The number of aliphatic hydroxyl groups is 1. The Hall–Kier alpha value is -1.35. The third kappa shape index (κ3) is 1.88. The van der Waals surface area contributed by atoms with Gasteiger partial charge in [-0.2, -0.15) is 0 Å². The predicted molar refractivity (Wildman–Crippen MR) is 56.3 cm³/mol. The van der Waals surface area contributed by atoms with E-state index in [0.29, 0.717) is 11.3 Å². The summed E-state index contributed by atoms with van der Waals surface area (Å²) in [6.45, 7) is 2.16. The van der Waals surface area contributed by atoms with Crippen LogP contribution >= 0.6 is 0 Å². The maximum absolute atomic E-state index is 11.6. The van der Waals surface area contributed by atoms with Crippen molar-refractivity contribution in [3.8, 4) is 5.75 Å². The summed E-state index contributed by atoms with van der Waals surface area (Å²) in [6, 6.07) is 5.60. The van der Waals surface area contributed by atoms with Gasteiger partial charge >= 0.3 is 0 Å². The Morgan fingerprint density at radius 1 is 1.53 bits per heavy atom. The van der Waals surface area contributed by atoms with Gasteiger partial charge in [0.1, 0.15) is 12.4 Å². The van der Waals surface area contributed by atoms with Crippen molar-refractivity contribution in [2.24, 2.45) is 0 Å². The summed E-state index contributed by atoms with van der Waals surface area (Å²) >= 11 is 0. The summed E-state index contributed by atoms with van der Waals surface area (Å²) in [7, 11) is 0. The van der Waals surface area contributed by atoms with E-state index in [0.717, 1.165) is 18.4 Å². The lowest BCUT2D eigenvalue weighted by atomic mass is 9.99. The van der Waals surface area contributed by atoms with Crippen molar-refractivity contribution in [1.82, 2.24) is 0 Å². The van der Waals surface area contributed by atoms with Gasteiger partial charge in [-0.15, -0.1) is 0 Å². The summed E-state index contributed by atoms with van der Waals surface area (Å²) in [5, 5.41) is 9.37. The van der Waals surface area contributed by atoms with E-state index in [9.17, 15) is 9.90 Å². The summed E-state index contributed by atoms with van der Waals surface area (Å²) < 4.78 is 5.27. The average Bonchev–Trinajstić information content (AvgIpc) is 2.25. The monoisotopic (exact) mass is 206 g/mol. The summed E-state index contributed by atoms with van der Waals surface area (Å²) in [5.74, 6) is 0.361. The summed E-state index contributed by atoms with van der Waals surface area (Å²) in [5.41, 5.74) is 1.63. The van der Waals surface area contributed by atoms with Crippen molar-refractivity contribution in [2.75, 3.05) is 6.61 Å². The first kappa shape index (κ1) is 10.2. The number of aryl methyl sites for hydroxylation is 1. The largest absolute Gasteiger partial charge is 0.490 e. The van der Waals surface area contributed by atoms with Gasteiger partial charge in [0.15, 0.2) is 11.9 Å². The van der Waals surface area contributed by atoms with Crippen molar-refractivity contribution in [2.45, 2.75) is 25.9 Å². The van der Waals surface area contributed by atoms with E-state index in [-0.39, 0.29) is 12.4 Å². The van der Waals surface area contributed by atoms with E-state index >= 15 is 0 Å². The smallest absolute Gasteiger partial charge is 0.198 e. The molecule has 0 saturated carbocycles. The second-order valence-electron chi connectivity index (χ2n) is 3.77. The van der Waals surface area contributed by atoms with Crippen LogP contribution in [0.2, 0.25) is 0 Å². The molecule has 0 amide bonds. The minimum Gasteiger partial charge on any atom is -0.490 e. The zero-order chi connectivity index (χ0) is 10.8. The van der Waals surface area contributed by atoms with E-state index in [1.807, 2.05) is 18.2 Å². The molecule has 0 spiro atoms. The lowest BCUT2D eigenvalue weighted by Crippen LogP contribution is -2.32. The number of benzene rings is 1. The number of carbonyl (C=O) groups is 1. The molecule has 1 aromatic carbocycles. The lowest BCUT2D eigenvalue weighted by Gasteiger charge is -2.20. The normalized spacial score (nSPS) is 19.6. The molecule has 2 rings (SSSR count). The molecule has 0 aliphatic carbocycles. The molecule has 0 aromatic heterocycles. The summed E-state index contributed by atoms with van der Waals surface area (Å²) in [4.78, 5) is 11.6. The highest BCUT2D eigenvalue weighted by Crippen LogP contribution is 2.26. The Kier molecular flexibility index (Phi) is 2.73. The molecular formula is C12H14O3. The van der Waals surface area contributed by atoms with E-state index in [2.05, 4.69) is 6.92 Å². The van der Waals surface area contributed by atoms with Crippen molar-refractivity contribution in [3.63, 3.8) is 0 Å². The van der Waals surface area contributed by atoms with Crippen LogP contribution in [-0.2, 0) is 6.42 Å². The van der Waals surface area contributed by atoms with Gasteiger partial charge in [-0.3, -0.25) is 4.79 Å². The van der Waals surface area contributed by atoms with Gasteiger partial charge in [-0.25, -0.2) is 0 Å². The first-order chi connectivity index (χ1) is 7.22. The lowest BCUT2D eigenvalue weighted by molar-refractivity contribution is 0.0558. The van der Waals surface area contributed by atoms with Crippen molar-refractivity contribution in [1.29, 1.82) is 0 Å². The van der Waals surface area contributed by atoms with Gasteiger partial charge in [-0.1, -0.05) is 19.4 Å². The van der Waals surface area contributed by atoms with Crippen LogP contribution in [0.15, 0.2) is 18.2 Å². The molecule has 1 aliphatic heterocycles. The number of fused-ring (bicyclic) bond motifs is 1. The van der Waals surface area contributed by atoms with Gasteiger partial charge in [0.25, 0.3) is 0 Å². The third-order valence-corrected chi connectivity index (χ3v) is 2.55. The Bertz CT molecular complexity index is 384. The molecule has 0 radical (unpaired) electrons. The minimum atomic E-state index is -1.01. The number of carbonyl (C=O) groups excluding carboxylic acids is 1. The standard InChI is InChI=1S/C12H14O3/c1-2-3-8-4-5-11-9(6-8)12(14)10(13)7-15-11/h4-6,10,13H,2-3,7H2,1H3. The molecule has 0 bridgehead atoms. The molecule has 1 unspecified atom stereocenters. The maximum Gasteiger partial charge on any atom is 0.198 e. The van der Waals surface area contributed by atoms with Crippen LogP contribution in [0.5, 0.6) is 5.75 Å². The van der Waals surface area contributed by atoms with Crippen molar-refractivity contribution < 1.29 is 14.6 Å². The first-order valence-electron chi connectivity index (χ1n) is 5.20. The van der Waals surface area contributed by atoms with Gasteiger partial charge in [0, 0.05) is 0 Å². The second kappa shape index (κ2) is 4.03. The zero-order valence-corrected chi connectivity index (χ0v) is 8.69. The fourth-order valence-electron chi connectivity index (χ4n) is 1.76. The molecule has 3 heteroatoms. The number of Topliss-reactive ketones (excluding diaryl/α,β-unsaturated/α-hetero) is 1. The molecule has 1 atom stereocenters. The third-order valence-electron chi connectivity index (χ3n) is 2.55. The Balaban J connectivity index is 2.37. The van der Waals surface area contributed by atoms with Crippen LogP contribution in [0.4, 0.5) is 0 Å². The molecule has 0 fully saturated rings. The fraction of sp³-hybridized carbons (Fsp3) is 0.417. The van der Waals surface area contributed by atoms with Gasteiger partial charge in [0.2, 0.25) is 0 Å². The van der Waals surface area contributed by atoms with Crippen LogP contribution in [-0.4, -0.2) is 23.6 Å². The molecule has 1 aliphatic rings. The highest BCUT2D eigenvalue weighted by atomic mass is 16.5. The van der Waals surface area contributed by atoms with Crippen LogP contribution in [0.3, 0.4) is 0 Å². The zero-order valence-electron chi connectivity index (χ0n) is 8.69. The molecule has 80 valence electrons. The van der Waals surface area contributed by atoms with Crippen LogP contribution < -0.4 is 4.74 Å². The van der Waals surface area contributed by atoms with Crippen molar-refractivity contribution in [3.05, 3.63) is 29.3 Å². The maximum atomic E-state index is 11.6. The Morgan fingerprint density at radius 3 is 3.07 bits per heavy atom. The highest BCUT2D eigenvalue weighted by molar-refractivity contribution is 6.02. The topological polar surface area (TPSA) is 46.5 Å². The molecule has 1 heterocycles. The fourth-order valence-corrected chi connectivity index (χ4v) is 1.76. The van der Waals surface area contributed by atoms with Crippen LogP contribution in [0.1, 0.15) is 29.3 Å². The van der Waals surface area contributed by atoms with E-state index in [1.165, 1.54) is 0 Å². The Morgan fingerprint density at radius 2 is 2.33 bits per heavy atom. The van der Waals surface area contributed by atoms with Crippen LogP contribution in [0, 0.1) is 0 Å². The quantitative estimate of drug-likeness (QED) is 0.799. The SMILES string of the molecule is CCCc1ccc2c(c1)C(=O)C(O)CO2. The number of ether oxygens (including phenoxy) is 1. The molecule has 3 nitrogen and oxygen atoms in total. The first-order valence-corrected chi connectivity index (χ1v) is 5.20. The molecule has 0 saturated heterocycles. The van der Waals surface area contributed by atoms with Gasteiger partial charge in [0.05, 0.1) is 5.56 Å². The minimum absolute atomic E-state index is 0.0684. The predicted octanol–water partition coefficient (Wildman–Crippen LogP) is 1.58.